The fourth-order valence-corrected chi connectivity index (χ4v) is 3.33. The van der Waals surface area contributed by atoms with Crippen molar-refractivity contribution in [2.75, 3.05) is 14.2 Å². The number of hydrazone groups is 1. The second-order valence-electron chi connectivity index (χ2n) is 5.84. The minimum Gasteiger partial charge on any atom is -0.493 e. The molecular formula is C19H18ClFN2O3. The molecule has 0 saturated heterocycles. The minimum atomic E-state index is -0.593. The van der Waals surface area contributed by atoms with Crippen LogP contribution in [0.1, 0.15) is 30.5 Å². The molecule has 0 N–H and O–H groups in total. The van der Waals surface area contributed by atoms with Crippen molar-refractivity contribution in [3.05, 3.63) is 58.4 Å². The number of nitrogens with zero attached hydrogens (tertiary/aromatic N) is 2. The number of hydrogen-bond donors (Lipinski definition) is 0. The summed E-state index contributed by atoms with van der Waals surface area (Å²) in [5.41, 5.74) is 1.68. The summed E-state index contributed by atoms with van der Waals surface area (Å²) in [7, 11) is 3.10. The fourth-order valence-electron chi connectivity index (χ4n) is 3.04. The average molecular weight is 377 g/mol. The Morgan fingerprint density at radius 1 is 1.23 bits per heavy atom. The molecule has 0 aromatic heterocycles. The molecule has 1 heterocycles. The third-order valence-corrected chi connectivity index (χ3v) is 4.61. The maximum Gasteiger partial charge on any atom is 0.240 e. The summed E-state index contributed by atoms with van der Waals surface area (Å²) in [4.78, 5) is 12.1. The standard InChI is InChI=1S/C19H18ClFN2O3/c1-11(24)23-16(19-13(20)5-4-6-14(19)21)10-15(22-23)12-7-8-17(25-2)18(9-12)26-3/h4-9,16H,10H2,1-3H3/t16-/m1/s1. The number of methoxy groups -OCH3 is 2. The van der Waals surface area contributed by atoms with E-state index in [-0.39, 0.29) is 16.5 Å². The Balaban J connectivity index is 2.01. The van der Waals surface area contributed by atoms with Crippen molar-refractivity contribution in [2.24, 2.45) is 5.10 Å². The Bertz CT molecular complexity index is 865. The minimum absolute atomic E-state index is 0.267. The molecule has 26 heavy (non-hydrogen) atoms. The zero-order valence-electron chi connectivity index (χ0n) is 14.6. The van der Waals surface area contributed by atoms with Crippen molar-refractivity contribution in [2.45, 2.75) is 19.4 Å². The molecule has 0 bridgehead atoms. The van der Waals surface area contributed by atoms with Crippen LogP contribution in [-0.2, 0) is 4.79 Å². The Kier molecular flexibility index (Phi) is 5.13. The van der Waals surface area contributed by atoms with E-state index in [0.29, 0.717) is 23.6 Å². The van der Waals surface area contributed by atoms with Crippen molar-refractivity contribution >= 4 is 23.2 Å². The van der Waals surface area contributed by atoms with Crippen LogP contribution in [0.25, 0.3) is 0 Å². The quantitative estimate of drug-likeness (QED) is 0.803. The molecule has 7 heteroatoms. The summed E-state index contributed by atoms with van der Waals surface area (Å²) in [5, 5.41) is 5.95. The van der Waals surface area contributed by atoms with E-state index in [9.17, 15) is 9.18 Å². The van der Waals surface area contributed by atoms with Crippen LogP contribution in [-0.4, -0.2) is 30.8 Å². The molecule has 136 valence electrons. The topological polar surface area (TPSA) is 51.1 Å². The molecule has 5 nitrogen and oxygen atoms in total. The molecule has 3 rings (SSSR count). The van der Waals surface area contributed by atoms with Gasteiger partial charge in [0.15, 0.2) is 11.5 Å². The van der Waals surface area contributed by atoms with Gasteiger partial charge in [-0.3, -0.25) is 4.79 Å². The molecule has 1 aliphatic heterocycles. The maximum atomic E-state index is 14.4. The van der Waals surface area contributed by atoms with Gasteiger partial charge in [-0.1, -0.05) is 17.7 Å². The van der Waals surface area contributed by atoms with Gasteiger partial charge in [-0.25, -0.2) is 9.40 Å². The van der Waals surface area contributed by atoms with E-state index >= 15 is 0 Å². The first kappa shape index (κ1) is 18.2. The summed E-state index contributed by atoms with van der Waals surface area (Å²) < 4.78 is 24.9. The van der Waals surface area contributed by atoms with Crippen molar-refractivity contribution in [1.29, 1.82) is 0 Å². The van der Waals surface area contributed by atoms with Gasteiger partial charge >= 0.3 is 0 Å². The summed E-state index contributed by atoms with van der Waals surface area (Å²) >= 11 is 6.20. The lowest BCUT2D eigenvalue weighted by molar-refractivity contribution is -0.130. The second-order valence-corrected chi connectivity index (χ2v) is 6.24. The van der Waals surface area contributed by atoms with E-state index in [1.54, 1.807) is 32.4 Å². The Morgan fingerprint density at radius 2 is 1.96 bits per heavy atom. The number of amides is 1. The fraction of sp³-hybridized carbons (Fsp3) is 0.263. The van der Waals surface area contributed by atoms with Crippen LogP contribution in [0.4, 0.5) is 4.39 Å². The van der Waals surface area contributed by atoms with E-state index in [0.717, 1.165) is 5.56 Å². The van der Waals surface area contributed by atoms with E-state index in [1.807, 2.05) is 6.07 Å². The Labute approximate surface area is 156 Å². The largest absolute Gasteiger partial charge is 0.493 e. The first-order chi connectivity index (χ1) is 12.5. The molecule has 1 aliphatic rings. The van der Waals surface area contributed by atoms with Gasteiger partial charge in [0.05, 0.1) is 26.0 Å². The van der Waals surface area contributed by atoms with E-state index in [4.69, 9.17) is 21.1 Å². The summed E-state index contributed by atoms with van der Waals surface area (Å²) in [6.07, 6.45) is 0.343. The predicted molar refractivity (Wildman–Crippen MR) is 97.4 cm³/mol. The molecule has 0 unspecified atom stereocenters. The van der Waals surface area contributed by atoms with Gasteiger partial charge < -0.3 is 9.47 Å². The molecule has 0 fully saturated rings. The first-order valence-electron chi connectivity index (χ1n) is 7.99. The van der Waals surface area contributed by atoms with Gasteiger partial charge in [0.2, 0.25) is 5.91 Å². The summed E-state index contributed by atoms with van der Waals surface area (Å²) in [6, 6.07) is 9.23. The van der Waals surface area contributed by atoms with Gasteiger partial charge in [-0.15, -0.1) is 0 Å². The highest BCUT2D eigenvalue weighted by molar-refractivity contribution is 6.31. The molecular weight excluding hydrogens is 359 g/mol. The highest BCUT2D eigenvalue weighted by atomic mass is 35.5. The van der Waals surface area contributed by atoms with E-state index in [1.165, 1.54) is 24.1 Å². The lowest BCUT2D eigenvalue weighted by Crippen LogP contribution is -2.25. The van der Waals surface area contributed by atoms with Crippen molar-refractivity contribution in [3.63, 3.8) is 0 Å². The van der Waals surface area contributed by atoms with Gasteiger partial charge in [0.25, 0.3) is 0 Å². The maximum absolute atomic E-state index is 14.4. The number of benzene rings is 2. The number of carbonyl (C=O) groups is 1. The lowest BCUT2D eigenvalue weighted by atomic mass is 9.97. The van der Waals surface area contributed by atoms with Crippen LogP contribution in [0.3, 0.4) is 0 Å². The van der Waals surface area contributed by atoms with Gasteiger partial charge in [0, 0.05) is 29.5 Å². The summed E-state index contributed by atoms with van der Waals surface area (Å²) in [5.74, 6) is 0.392. The molecule has 2 aromatic rings. The van der Waals surface area contributed by atoms with E-state index < -0.39 is 11.9 Å². The molecule has 1 amide bonds. The number of ether oxygens (including phenoxy) is 2. The molecule has 1 atom stereocenters. The Hall–Kier alpha value is -2.60. The van der Waals surface area contributed by atoms with Crippen LogP contribution in [0.2, 0.25) is 5.02 Å². The predicted octanol–water partition coefficient (Wildman–Crippen LogP) is 4.19. The van der Waals surface area contributed by atoms with Crippen LogP contribution in [0.15, 0.2) is 41.5 Å². The third kappa shape index (κ3) is 3.24. The SMILES string of the molecule is COc1ccc(C2=NN(C(C)=O)[C@@H](c3c(F)cccc3Cl)C2)cc1OC. The van der Waals surface area contributed by atoms with Crippen molar-refractivity contribution < 1.29 is 18.7 Å². The van der Waals surface area contributed by atoms with Crippen LogP contribution >= 0.6 is 11.6 Å². The smallest absolute Gasteiger partial charge is 0.240 e. The molecule has 0 saturated carbocycles. The van der Waals surface area contributed by atoms with Crippen molar-refractivity contribution in [1.82, 2.24) is 5.01 Å². The molecule has 2 aromatic carbocycles. The highest BCUT2D eigenvalue weighted by Crippen LogP contribution is 2.38. The molecule has 0 aliphatic carbocycles. The number of halogens is 2. The average Bonchev–Trinajstić information content (AvgIpc) is 3.06. The lowest BCUT2D eigenvalue weighted by Gasteiger charge is -2.21. The summed E-state index contributed by atoms with van der Waals surface area (Å²) in [6.45, 7) is 1.39. The molecule has 0 spiro atoms. The third-order valence-electron chi connectivity index (χ3n) is 4.28. The monoisotopic (exact) mass is 376 g/mol. The first-order valence-corrected chi connectivity index (χ1v) is 8.37. The Morgan fingerprint density at radius 3 is 2.58 bits per heavy atom. The zero-order valence-corrected chi connectivity index (χ0v) is 15.4. The number of hydrogen-bond acceptors (Lipinski definition) is 4. The zero-order chi connectivity index (χ0) is 18.8. The normalized spacial score (nSPS) is 16.4. The van der Waals surface area contributed by atoms with Crippen LogP contribution in [0.5, 0.6) is 11.5 Å². The van der Waals surface area contributed by atoms with Gasteiger partial charge in [-0.05, 0) is 30.3 Å². The van der Waals surface area contributed by atoms with Crippen molar-refractivity contribution in [3.8, 4) is 11.5 Å². The van der Waals surface area contributed by atoms with Gasteiger partial charge in [-0.2, -0.15) is 5.10 Å². The van der Waals surface area contributed by atoms with Crippen LogP contribution < -0.4 is 9.47 Å². The molecule has 0 radical (unpaired) electrons. The number of carbonyl (C=O) groups excluding carboxylic acids is 1. The highest BCUT2D eigenvalue weighted by Gasteiger charge is 2.34. The van der Waals surface area contributed by atoms with Crippen LogP contribution in [0, 0.1) is 5.82 Å². The number of rotatable bonds is 4. The second kappa shape index (κ2) is 7.33. The van der Waals surface area contributed by atoms with Gasteiger partial charge in [0.1, 0.15) is 5.82 Å². The van der Waals surface area contributed by atoms with E-state index in [2.05, 4.69) is 5.10 Å².